The summed E-state index contributed by atoms with van der Waals surface area (Å²) in [6.07, 6.45) is 1.37. The van der Waals surface area contributed by atoms with Gasteiger partial charge in [-0.1, -0.05) is 13.5 Å². The fourth-order valence-electron chi connectivity index (χ4n) is 4.64. The van der Waals surface area contributed by atoms with Crippen molar-refractivity contribution in [2.75, 3.05) is 0 Å². The molecule has 1 aliphatic heterocycles. The van der Waals surface area contributed by atoms with Crippen molar-refractivity contribution in [2.24, 2.45) is 23.7 Å². The summed E-state index contributed by atoms with van der Waals surface area (Å²) < 4.78 is 11.2. The fraction of sp³-hybridized carbons (Fsp3) is 0.706. The molecule has 2 aliphatic carbocycles. The molecule has 0 amide bonds. The van der Waals surface area contributed by atoms with Crippen molar-refractivity contribution < 1.29 is 23.9 Å². The summed E-state index contributed by atoms with van der Waals surface area (Å²) in [7, 11) is 0. The molecule has 3 rings (SSSR count). The number of carbonyl (C=O) groups excluding carboxylic acids is 3. The molecule has 22 heavy (non-hydrogen) atoms. The van der Waals surface area contributed by atoms with E-state index in [0.717, 1.165) is 0 Å². The number of ketones is 1. The SMILES string of the molecule is C=C1C(=O)O[C@@H]2[C@H]3[C@H](C)C(=O)C[C@H]3[C@](C)(OC(C)=O)CC[C@@H]12. The molecule has 5 nitrogen and oxygen atoms in total. The molecule has 0 aromatic rings. The Morgan fingerprint density at radius 1 is 1.41 bits per heavy atom. The predicted molar refractivity (Wildman–Crippen MR) is 77.7 cm³/mol. The van der Waals surface area contributed by atoms with Gasteiger partial charge in [-0.3, -0.25) is 9.59 Å². The van der Waals surface area contributed by atoms with Gasteiger partial charge in [0.2, 0.25) is 0 Å². The first kappa shape index (κ1) is 15.3. The number of Topliss-reactive ketones (excluding diaryl/α,β-unsaturated/α-hetero) is 1. The van der Waals surface area contributed by atoms with Crippen molar-refractivity contribution in [1.82, 2.24) is 0 Å². The molecule has 0 aromatic heterocycles. The Balaban J connectivity index is 2.02. The Bertz CT molecular complexity index is 565. The molecule has 0 spiro atoms. The summed E-state index contributed by atoms with van der Waals surface area (Å²) in [6, 6.07) is 0. The van der Waals surface area contributed by atoms with E-state index in [-0.39, 0.29) is 47.5 Å². The van der Waals surface area contributed by atoms with Crippen LogP contribution in [0.5, 0.6) is 0 Å². The minimum atomic E-state index is -0.687. The summed E-state index contributed by atoms with van der Waals surface area (Å²) in [4.78, 5) is 35.7. The Morgan fingerprint density at radius 3 is 2.73 bits per heavy atom. The summed E-state index contributed by atoms with van der Waals surface area (Å²) in [5.74, 6) is -1.01. The van der Waals surface area contributed by atoms with Crippen LogP contribution in [0.25, 0.3) is 0 Å². The zero-order chi connectivity index (χ0) is 16.2. The van der Waals surface area contributed by atoms with Gasteiger partial charge >= 0.3 is 11.9 Å². The van der Waals surface area contributed by atoms with Gasteiger partial charge < -0.3 is 9.47 Å². The van der Waals surface area contributed by atoms with Crippen LogP contribution in [-0.4, -0.2) is 29.4 Å². The molecule has 2 saturated carbocycles. The van der Waals surface area contributed by atoms with E-state index < -0.39 is 5.60 Å². The van der Waals surface area contributed by atoms with E-state index in [2.05, 4.69) is 6.58 Å². The van der Waals surface area contributed by atoms with E-state index in [0.29, 0.717) is 24.8 Å². The molecular formula is C17H22O5. The van der Waals surface area contributed by atoms with Crippen molar-refractivity contribution in [1.29, 1.82) is 0 Å². The number of fused-ring (bicyclic) bond motifs is 3. The van der Waals surface area contributed by atoms with Crippen molar-refractivity contribution in [3.63, 3.8) is 0 Å². The highest BCUT2D eigenvalue weighted by molar-refractivity contribution is 5.91. The topological polar surface area (TPSA) is 69.7 Å². The summed E-state index contributed by atoms with van der Waals surface area (Å²) >= 11 is 0. The molecule has 3 fully saturated rings. The molecule has 1 heterocycles. The minimum absolute atomic E-state index is 0.0780. The zero-order valence-electron chi connectivity index (χ0n) is 13.3. The van der Waals surface area contributed by atoms with Gasteiger partial charge in [-0.15, -0.1) is 0 Å². The highest BCUT2D eigenvalue weighted by Crippen LogP contribution is 2.54. The van der Waals surface area contributed by atoms with Gasteiger partial charge in [0.15, 0.2) is 0 Å². The second kappa shape index (κ2) is 4.93. The van der Waals surface area contributed by atoms with Crippen LogP contribution in [0.3, 0.4) is 0 Å². The summed E-state index contributed by atoms with van der Waals surface area (Å²) in [6.45, 7) is 9.05. The van der Waals surface area contributed by atoms with Crippen molar-refractivity contribution in [3.05, 3.63) is 12.2 Å². The normalized spacial score (nSPS) is 44.1. The van der Waals surface area contributed by atoms with E-state index in [1.165, 1.54) is 6.92 Å². The number of rotatable bonds is 1. The Morgan fingerprint density at radius 2 is 2.09 bits per heavy atom. The second-order valence-electron chi connectivity index (χ2n) is 7.09. The summed E-state index contributed by atoms with van der Waals surface area (Å²) in [5.41, 5.74) is -0.198. The van der Waals surface area contributed by atoms with Crippen LogP contribution < -0.4 is 0 Å². The van der Waals surface area contributed by atoms with Gasteiger partial charge in [0.05, 0.1) is 0 Å². The second-order valence-corrected chi connectivity index (χ2v) is 7.09. The van der Waals surface area contributed by atoms with Crippen LogP contribution in [0.1, 0.15) is 40.0 Å². The molecule has 5 heteroatoms. The maximum absolute atomic E-state index is 12.3. The lowest BCUT2D eigenvalue weighted by atomic mass is 9.76. The molecule has 0 bridgehead atoms. The van der Waals surface area contributed by atoms with E-state index in [9.17, 15) is 14.4 Å². The number of hydrogen-bond acceptors (Lipinski definition) is 5. The zero-order valence-corrected chi connectivity index (χ0v) is 13.3. The van der Waals surface area contributed by atoms with Crippen molar-refractivity contribution >= 4 is 17.7 Å². The van der Waals surface area contributed by atoms with Gasteiger partial charge in [-0.05, 0) is 19.8 Å². The van der Waals surface area contributed by atoms with Gasteiger partial charge in [-0.25, -0.2) is 4.79 Å². The molecule has 0 N–H and O–H groups in total. The smallest absolute Gasteiger partial charge is 0.334 e. The van der Waals surface area contributed by atoms with E-state index in [4.69, 9.17) is 9.47 Å². The minimum Gasteiger partial charge on any atom is -0.459 e. The van der Waals surface area contributed by atoms with Crippen LogP contribution in [0.2, 0.25) is 0 Å². The summed E-state index contributed by atoms with van der Waals surface area (Å²) in [5, 5.41) is 0. The quantitative estimate of drug-likeness (QED) is 0.548. The van der Waals surface area contributed by atoms with Crippen LogP contribution >= 0.6 is 0 Å². The van der Waals surface area contributed by atoms with Crippen LogP contribution in [0.4, 0.5) is 0 Å². The maximum Gasteiger partial charge on any atom is 0.334 e. The van der Waals surface area contributed by atoms with Gasteiger partial charge in [0.25, 0.3) is 0 Å². The predicted octanol–water partition coefficient (Wildman–Crippen LogP) is 2.04. The average molecular weight is 306 g/mol. The van der Waals surface area contributed by atoms with E-state index >= 15 is 0 Å². The standard InChI is InChI=1S/C17H22O5/c1-8-11-5-6-17(4,22-10(3)18)12-7-13(19)9(2)14(12)15(11)21-16(8)20/h9,11-12,14-15H,1,5-7H2,2-4H3/t9-,11+,12-,14+,15+,17-/m1/s1. The van der Waals surface area contributed by atoms with Crippen LogP contribution in [-0.2, 0) is 23.9 Å². The molecular weight excluding hydrogens is 284 g/mol. The first-order chi connectivity index (χ1) is 10.2. The first-order valence-corrected chi connectivity index (χ1v) is 7.86. The molecule has 0 aromatic carbocycles. The first-order valence-electron chi connectivity index (χ1n) is 7.86. The largest absolute Gasteiger partial charge is 0.459 e. The fourth-order valence-corrected chi connectivity index (χ4v) is 4.64. The van der Waals surface area contributed by atoms with Gasteiger partial charge in [0.1, 0.15) is 17.5 Å². The highest BCUT2D eigenvalue weighted by atomic mass is 16.6. The van der Waals surface area contributed by atoms with Gasteiger partial charge in [-0.2, -0.15) is 0 Å². The lowest BCUT2D eigenvalue weighted by Crippen LogP contribution is -2.43. The number of ether oxygens (including phenoxy) is 2. The van der Waals surface area contributed by atoms with Gasteiger partial charge in [0, 0.05) is 42.6 Å². The third-order valence-corrected chi connectivity index (χ3v) is 5.81. The van der Waals surface area contributed by atoms with Crippen LogP contribution in [0.15, 0.2) is 12.2 Å². The average Bonchev–Trinajstić information content (AvgIpc) is 2.82. The highest BCUT2D eigenvalue weighted by Gasteiger charge is 2.60. The number of carbonyl (C=O) groups is 3. The lowest BCUT2D eigenvalue weighted by molar-refractivity contribution is -0.166. The molecule has 0 radical (unpaired) electrons. The van der Waals surface area contributed by atoms with E-state index in [1.54, 1.807) is 0 Å². The Labute approximate surface area is 130 Å². The third-order valence-electron chi connectivity index (χ3n) is 5.81. The Hall–Kier alpha value is -1.65. The Kier molecular flexibility index (Phi) is 3.42. The molecule has 120 valence electrons. The lowest BCUT2D eigenvalue weighted by Gasteiger charge is -2.37. The van der Waals surface area contributed by atoms with Crippen LogP contribution in [0, 0.1) is 23.7 Å². The molecule has 1 saturated heterocycles. The monoisotopic (exact) mass is 306 g/mol. The number of hydrogen-bond donors (Lipinski definition) is 0. The molecule has 6 atom stereocenters. The maximum atomic E-state index is 12.3. The van der Waals surface area contributed by atoms with Crippen molar-refractivity contribution in [2.45, 2.75) is 51.7 Å². The van der Waals surface area contributed by atoms with E-state index in [1.807, 2.05) is 13.8 Å². The number of esters is 2. The molecule has 0 unspecified atom stereocenters. The van der Waals surface area contributed by atoms with Crippen molar-refractivity contribution in [3.8, 4) is 0 Å². The third kappa shape index (κ3) is 2.09. The molecule has 3 aliphatic rings.